The van der Waals surface area contributed by atoms with Crippen LogP contribution in [0.25, 0.3) is 22.2 Å². The van der Waals surface area contributed by atoms with Crippen LogP contribution in [0.2, 0.25) is 0 Å². The second-order valence-corrected chi connectivity index (χ2v) is 11.9. The highest BCUT2D eigenvalue weighted by Crippen LogP contribution is 2.39. The standard InChI is InChI=1S/C23H24F5N3O2S/c1-22(2,3)12-31-11-13(9-30-34(32,33)15-4-5-15)16-7-19(25)17(8-20(16)31)21-18(23(26,27)28)6-14(24)10-29-21/h6-8,10-11,15,30H,4-5,9,12H2,1-3H3. The minimum absolute atomic E-state index is 0.0755. The molecule has 1 aliphatic carbocycles. The lowest BCUT2D eigenvalue weighted by molar-refractivity contribution is -0.137. The quantitative estimate of drug-likeness (QED) is 0.446. The first-order chi connectivity index (χ1) is 15.7. The van der Waals surface area contributed by atoms with Crippen LogP contribution in [-0.4, -0.2) is 23.2 Å². The molecule has 5 nitrogen and oxygen atoms in total. The van der Waals surface area contributed by atoms with Crippen molar-refractivity contribution >= 4 is 20.9 Å². The van der Waals surface area contributed by atoms with Gasteiger partial charge in [-0.25, -0.2) is 21.9 Å². The van der Waals surface area contributed by atoms with Crippen LogP contribution in [0.1, 0.15) is 44.7 Å². The van der Waals surface area contributed by atoms with Gasteiger partial charge >= 0.3 is 6.18 Å². The molecule has 0 amide bonds. The summed E-state index contributed by atoms with van der Waals surface area (Å²) in [5, 5.41) is -0.0521. The molecule has 34 heavy (non-hydrogen) atoms. The molecule has 0 aliphatic heterocycles. The van der Waals surface area contributed by atoms with Crippen LogP contribution in [0.3, 0.4) is 0 Å². The zero-order chi connectivity index (χ0) is 25.1. The second-order valence-electron chi connectivity index (χ2n) is 9.81. The van der Waals surface area contributed by atoms with Gasteiger partial charge in [0.25, 0.3) is 0 Å². The van der Waals surface area contributed by atoms with E-state index in [1.165, 1.54) is 6.07 Å². The van der Waals surface area contributed by atoms with E-state index in [1.807, 2.05) is 20.8 Å². The molecule has 1 aliphatic rings. The fourth-order valence-electron chi connectivity index (χ4n) is 3.89. The minimum Gasteiger partial charge on any atom is -0.347 e. The van der Waals surface area contributed by atoms with Gasteiger partial charge in [-0.1, -0.05) is 20.8 Å². The molecule has 0 atom stereocenters. The molecular formula is C23H24F5N3O2S. The Bertz CT molecular complexity index is 1350. The molecule has 1 saturated carbocycles. The van der Waals surface area contributed by atoms with E-state index in [0.29, 0.717) is 42.0 Å². The molecule has 0 saturated heterocycles. The Morgan fingerprint density at radius 3 is 2.38 bits per heavy atom. The third-order valence-electron chi connectivity index (χ3n) is 5.54. The molecule has 0 spiro atoms. The molecule has 0 radical (unpaired) electrons. The summed E-state index contributed by atoms with van der Waals surface area (Å²) in [5.41, 5.74) is -1.83. The van der Waals surface area contributed by atoms with E-state index in [0.717, 1.165) is 6.07 Å². The van der Waals surface area contributed by atoms with Crippen LogP contribution in [0.15, 0.2) is 30.6 Å². The van der Waals surface area contributed by atoms with Gasteiger partial charge in [0.05, 0.1) is 22.7 Å². The molecule has 11 heteroatoms. The van der Waals surface area contributed by atoms with E-state index in [-0.39, 0.29) is 18.0 Å². The van der Waals surface area contributed by atoms with Crippen LogP contribution < -0.4 is 4.72 Å². The molecule has 3 aromatic rings. The summed E-state index contributed by atoms with van der Waals surface area (Å²) < 4.78 is 98.2. The van der Waals surface area contributed by atoms with Gasteiger partial charge in [0.1, 0.15) is 11.6 Å². The first-order valence-electron chi connectivity index (χ1n) is 10.7. The third-order valence-corrected chi connectivity index (χ3v) is 7.43. The number of benzene rings is 1. The number of rotatable bonds is 6. The van der Waals surface area contributed by atoms with Gasteiger partial charge in [-0.2, -0.15) is 13.2 Å². The van der Waals surface area contributed by atoms with Gasteiger partial charge < -0.3 is 4.57 Å². The van der Waals surface area contributed by atoms with Crippen molar-refractivity contribution in [3.63, 3.8) is 0 Å². The molecule has 0 bridgehead atoms. The number of nitrogens with zero attached hydrogens (tertiary/aromatic N) is 2. The van der Waals surface area contributed by atoms with Gasteiger partial charge in [0.15, 0.2) is 0 Å². The van der Waals surface area contributed by atoms with E-state index in [9.17, 15) is 26.0 Å². The Hall–Kier alpha value is -2.53. The van der Waals surface area contributed by atoms with Crippen molar-refractivity contribution < 1.29 is 30.4 Å². The summed E-state index contributed by atoms with van der Waals surface area (Å²) in [6.45, 7) is 6.24. The fourth-order valence-corrected chi connectivity index (χ4v) is 5.24. The Morgan fingerprint density at radius 2 is 1.79 bits per heavy atom. The molecule has 0 unspecified atom stereocenters. The number of nitrogens with one attached hydrogen (secondary N) is 1. The highest BCUT2D eigenvalue weighted by molar-refractivity contribution is 7.90. The molecule has 184 valence electrons. The summed E-state index contributed by atoms with van der Waals surface area (Å²) in [7, 11) is -3.49. The third kappa shape index (κ3) is 5.10. The molecule has 1 aromatic carbocycles. The highest BCUT2D eigenvalue weighted by atomic mass is 32.2. The summed E-state index contributed by atoms with van der Waals surface area (Å²) in [5.74, 6) is -2.16. The smallest absolute Gasteiger partial charge is 0.347 e. The Labute approximate surface area is 194 Å². The van der Waals surface area contributed by atoms with Gasteiger partial charge in [-0.15, -0.1) is 0 Å². The van der Waals surface area contributed by atoms with Crippen LogP contribution >= 0.6 is 0 Å². The maximum Gasteiger partial charge on any atom is 0.418 e. The summed E-state index contributed by atoms with van der Waals surface area (Å²) in [6.07, 6.45) is -1.47. The molecule has 2 heterocycles. The molecule has 4 rings (SSSR count). The highest BCUT2D eigenvalue weighted by Gasteiger charge is 2.37. The van der Waals surface area contributed by atoms with Crippen molar-refractivity contribution in [2.75, 3.05) is 0 Å². The lowest BCUT2D eigenvalue weighted by Gasteiger charge is -2.20. The number of hydrogen-bond acceptors (Lipinski definition) is 3. The van der Waals surface area contributed by atoms with E-state index < -0.39 is 49.9 Å². The predicted octanol–water partition coefficient (Wildman–Crippen LogP) is 5.63. The van der Waals surface area contributed by atoms with Gasteiger partial charge in [0.2, 0.25) is 10.0 Å². The zero-order valence-electron chi connectivity index (χ0n) is 18.8. The van der Waals surface area contributed by atoms with Crippen molar-refractivity contribution in [3.8, 4) is 11.3 Å². The maximum absolute atomic E-state index is 15.2. The summed E-state index contributed by atoms with van der Waals surface area (Å²) in [4.78, 5) is 3.55. The number of halogens is 5. The summed E-state index contributed by atoms with van der Waals surface area (Å²) in [6, 6.07) is 2.62. The first-order valence-corrected chi connectivity index (χ1v) is 12.2. The largest absolute Gasteiger partial charge is 0.418 e. The first kappa shape index (κ1) is 24.6. The van der Waals surface area contributed by atoms with Crippen molar-refractivity contribution in [3.05, 3.63) is 53.4 Å². The predicted molar refractivity (Wildman–Crippen MR) is 118 cm³/mol. The Morgan fingerprint density at radius 1 is 1.12 bits per heavy atom. The van der Waals surface area contributed by atoms with Crippen LogP contribution in [0.5, 0.6) is 0 Å². The van der Waals surface area contributed by atoms with Gasteiger partial charge in [-0.05, 0) is 42.0 Å². The van der Waals surface area contributed by atoms with E-state index >= 15 is 4.39 Å². The Kier molecular flexibility index (Phi) is 6.00. The number of sulfonamides is 1. The number of fused-ring (bicyclic) bond motifs is 1. The Balaban J connectivity index is 1.86. The van der Waals surface area contributed by atoms with Crippen molar-refractivity contribution in [2.45, 2.75) is 58.1 Å². The van der Waals surface area contributed by atoms with Crippen molar-refractivity contribution in [1.29, 1.82) is 0 Å². The van der Waals surface area contributed by atoms with Gasteiger partial charge in [0, 0.05) is 35.8 Å². The van der Waals surface area contributed by atoms with Crippen molar-refractivity contribution in [1.82, 2.24) is 14.3 Å². The lowest BCUT2D eigenvalue weighted by atomic mass is 9.96. The number of alkyl halides is 3. The molecule has 1 N–H and O–H groups in total. The van der Waals surface area contributed by atoms with Crippen LogP contribution in [0.4, 0.5) is 22.0 Å². The molecular weight excluding hydrogens is 477 g/mol. The second kappa shape index (κ2) is 8.30. The normalized spacial score (nSPS) is 15.3. The number of hydrogen-bond donors (Lipinski definition) is 1. The maximum atomic E-state index is 15.2. The molecule has 1 fully saturated rings. The average molecular weight is 502 g/mol. The average Bonchev–Trinajstić information content (AvgIpc) is 3.51. The number of pyridine rings is 1. The molecule has 2 aromatic heterocycles. The van der Waals surface area contributed by atoms with Gasteiger partial charge in [-0.3, -0.25) is 4.98 Å². The SMILES string of the molecule is CC(C)(C)Cn1cc(CNS(=O)(=O)C2CC2)c2cc(F)c(-c3ncc(F)cc3C(F)(F)F)cc21. The zero-order valence-corrected chi connectivity index (χ0v) is 19.6. The minimum atomic E-state index is -4.94. The van der Waals surface area contributed by atoms with Crippen molar-refractivity contribution in [2.24, 2.45) is 5.41 Å². The monoisotopic (exact) mass is 501 g/mol. The van der Waals surface area contributed by atoms with Crippen LogP contribution in [0, 0.1) is 17.0 Å². The van der Waals surface area contributed by atoms with E-state index in [1.54, 1.807) is 10.8 Å². The fraction of sp³-hybridized carbons (Fsp3) is 0.435. The summed E-state index contributed by atoms with van der Waals surface area (Å²) >= 11 is 0. The van der Waals surface area contributed by atoms with Crippen LogP contribution in [-0.2, 0) is 29.3 Å². The topological polar surface area (TPSA) is 64.0 Å². The van der Waals surface area contributed by atoms with E-state index in [2.05, 4.69) is 9.71 Å². The number of aromatic nitrogens is 2. The van der Waals surface area contributed by atoms with E-state index in [4.69, 9.17) is 0 Å². The lowest BCUT2D eigenvalue weighted by Crippen LogP contribution is -2.26.